The normalized spacial score (nSPS) is 11.1. The SMILES string of the molecule is COc1cccc(/C=C/CN(C)Cc2coc3ccccc23)c1.Cl. The van der Waals surface area contributed by atoms with Crippen molar-refractivity contribution in [3.05, 3.63) is 72.0 Å². The molecule has 0 aliphatic carbocycles. The van der Waals surface area contributed by atoms with Crippen molar-refractivity contribution >= 4 is 29.5 Å². The molecule has 0 saturated heterocycles. The molecular weight excluding hydrogens is 322 g/mol. The van der Waals surface area contributed by atoms with Gasteiger partial charge in [-0.2, -0.15) is 0 Å². The second-order valence-electron chi connectivity index (χ2n) is 5.63. The highest BCUT2D eigenvalue weighted by Crippen LogP contribution is 2.21. The Morgan fingerprint density at radius 3 is 2.79 bits per heavy atom. The van der Waals surface area contributed by atoms with Crippen LogP contribution in [0.25, 0.3) is 17.0 Å². The molecule has 126 valence electrons. The highest BCUT2D eigenvalue weighted by molar-refractivity contribution is 5.85. The molecule has 0 amide bonds. The predicted molar refractivity (Wildman–Crippen MR) is 102 cm³/mol. The van der Waals surface area contributed by atoms with E-state index in [4.69, 9.17) is 9.15 Å². The van der Waals surface area contributed by atoms with Crippen LogP contribution in [0.15, 0.2) is 65.3 Å². The van der Waals surface area contributed by atoms with E-state index in [1.807, 2.05) is 42.7 Å². The maximum Gasteiger partial charge on any atom is 0.134 e. The zero-order chi connectivity index (χ0) is 16.1. The van der Waals surface area contributed by atoms with E-state index in [1.54, 1.807) is 7.11 Å². The predicted octanol–water partition coefficient (Wildman–Crippen LogP) is 5.01. The molecule has 3 nitrogen and oxygen atoms in total. The van der Waals surface area contributed by atoms with Gasteiger partial charge in [-0.15, -0.1) is 12.4 Å². The van der Waals surface area contributed by atoms with Gasteiger partial charge in [0.2, 0.25) is 0 Å². The molecule has 0 spiro atoms. The zero-order valence-electron chi connectivity index (χ0n) is 13.9. The number of halogens is 1. The average Bonchev–Trinajstić information content (AvgIpc) is 2.98. The number of ether oxygens (including phenoxy) is 1. The van der Waals surface area contributed by atoms with Crippen LogP contribution < -0.4 is 4.74 Å². The summed E-state index contributed by atoms with van der Waals surface area (Å²) in [7, 11) is 3.80. The maximum atomic E-state index is 5.59. The van der Waals surface area contributed by atoms with Gasteiger partial charge in [-0.25, -0.2) is 0 Å². The van der Waals surface area contributed by atoms with Crippen LogP contribution in [0.4, 0.5) is 0 Å². The van der Waals surface area contributed by atoms with Crippen molar-refractivity contribution < 1.29 is 9.15 Å². The lowest BCUT2D eigenvalue weighted by molar-refractivity contribution is 0.363. The summed E-state index contributed by atoms with van der Waals surface area (Å²) in [5.74, 6) is 0.880. The number of likely N-dealkylation sites (N-methyl/N-ethyl adjacent to an activating group) is 1. The topological polar surface area (TPSA) is 25.6 Å². The molecular formula is C20H22ClNO2. The molecule has 1 aromatic heterocycles. The minimum absolute atomic E-state index is 0. The van der Waals surface area contributed by atoms with E-state index in [-0.39, 0.29) is 12.4 Å². The van der Waals surface area contributed by atoms with Gasteiger partial charge in [-0.3, -0.25) is 4.90 Å². The molecule has 0 bridgehead atoms. The first-order valence-electron chi connectivity index (χ1n) is 7.70. The van der Waals surface area contributed by atoms with Crippen molar-refractivity contribution in [2.24, 2.45) is 0 Å². The summed E-state index contributed by atoms with van der Waals surface area (Å²) in [6.45, 7) is 1.73. The fraction of sp³-hybridized carbons (Fsp3) is 0.200. The summed E-state index contributed by atoms with van der Waals surface area (Å²) in [6.07, 6.45) is 6.14. The Labute approximate surface area is 148 Å². The lowest BCUT2D eigenvalue weighted by Crippen LogP contribution is -2.17. The second kappa shape index (κ2) is 8.57. The number of fused-ring (bicyclic) bond motifs is 1. The maximum absolute atomic E-state index is 5.59. The molecule has 0 N–H and O–H groups in total. The Bertz CT molecular complexity index is 810. The van der Waals surface area contributed by atoms with Gasteiger partial charge in [0.25, 0.3) is 0 Å². The lowest BCUT2D eigenvalue weighted by atomic mass is 10.1. The Balaban J connectivity index is 0.00000208. The van der Waals surface area contributed by atoms with Crippen molar-refractivity contribution in [2.45, 2.75) is 6.54 Å². The van der Waals surface area contributed by atoms with Crippen LogP contribution in [-0.4, -0.2) is 25.6 Å². The molecule has 0 aliphatic rings. The summed E-state index contributed by atoms with van der Waals surface area (Å²) < 4.78 is 10.8. The van der Waals surface area contributed by atoms with E-state index in [1.165, 1.54) is 10.9 Å². The van der Waals surface area contributed by atoms with E-state index in [9.17, 15) is 0 Å². The van der Waals surface area contributed by atoms with Crippen LogP contribution in [0.1, 0.15) is 11.1 Å². The van der Waals surface area contributed by atoms with Gasteiger partial charge in [-0.05, 0) is 30.8 Å². The summed E-state index contributed by atoms with van der Waals surface area (Å²) in [5.41, 5.74) is 3.31. The number of hydrogen-bond donors (Lipinski definition) is 0. The van der Waals surface area contributed by atoms with E-state index in [0.29, 0.717) is 0 Å². The molecule has 0 radical (unpaired) electrons. The molecule has 2 aromatic carbocycles. The van der Waals surface area contributed by atoms with Crippen LogP contribution in [0.5, 0.6) is 5.75 Å². The summed E-state index contributed by atoms with van der Waals surface area (Å²) in [6, 6.07) is 16.2. The van der Waals surface area contributed by atoms with E-state index < -0.39 is 0 Å². The standard InChI is InChI=1S/C20H21NO2.ClH/c1-21(12-6-8-16-7-5-9-18(13-16)22-2)14-17-15-23-20-11-4-3-10-19(17)20;/h3-11,13,15H,12,14H2,1-2H3;1H/b8-6+;. The second-order valence-corrected chi connectivity index (χ2v) is 5.63. The number of nitrogens with zero attached hydrogens (tertiary/aromatic N) is 1. The number of hydrogen-bond acceptors (Lipinski definition) is 3. The quantitative estimate of drug-likeness (QED) is 0.629. The van der Waals surface area contributed by atoms with Crippen LogP contribution in [-0.2, 0) is 6.54 Å². The fourth-order valence-corrected chi connectivity index (χ4v) is 2.62. The Morgan fingerprint density at radius 1 is 1.12 bits per heavy atom. The van der Waals surface area contributed by atoms with Crippen molar-refractivity contribution in [3.63, 3.8) is 0 Å². The van der Waals surface area contributed by atoms with Crippen LogP contribution in [0.3, 0.4) is 0 Å². The van der Waals surface area contributed by atoms with Gasteiger partial charge in [0.15, 0.2) is 0 Å². The van der Waals surface area contributed by atoms with Gasteiger partial charge in [0.1, 0.15) is 11.3 Å². The smallest absolute Gasteiger partial charge is 0.134 e. The highest BCUT2D eigenvalue weighted by atomic mass is 35.5. The summed E-state index contributed by atoms with van der Waals surface area (Å²) in [4.78, 5) is 2.26. The molecule has 24 heavy (non-hydrogen) atoms. The van der Waals surface area contributed by atoms with Crippen molar-refractivity contribution in [2.75, 3.05) is 20.7 Å². The minimum Gasteiger partial charge on any atom is -0.497 e. The lowest BCUT2D eigenvalue weighted by Gasteiger charge is -2.13. The van der Waals surface area contributed by atoms with Crippen molar-refractivity contribution in [1.29, 1.82) is 0 Å². The van der Waals surface area contributed by atoms with E-state index in [2.05, 4.69) is 36.2 Å². The molecule has 3 aromatic rings. The fourth-order valence-electron chi connectivity index (χ4n) is 2.62. The number of furan rings is 1. The molecule has 0 aliphatic heterocycles. The molecule has 1 heterocycles. The first-order chi connectivity index (χ1) is 11.3. The number of para-hydroxylation sites is 1. The zero-order valence-corrected chi connectivity index (χ0v) is 14.8. The Hall–Kier alpha value is -2.23. The van der Waals surface area contributed by atoms with Crippen molar-refractivity contribution in [3.8, 4) is 5.75 Å². The minimum atomic E-state index is 0. The third-order valence-electron chi connectivity index (χ3n) is 3.82. The average molecular weight is 344 g/mol. The van der Waals surface area contributed by atoms with Gasteiger partial charge >= 0.3 is 0 Å². The van der Waals surface area contributed by atoms with E-state index >= 15 is 0 Å². The van der Waals surface area contributed by atoms with Crippen LogP contribution in [0, 0.1) is 0 Å². The van der Waals surface area contributed by atoms with Crippen LogP contribution >= 0.6 is 12.4 Å². The molecule has 3 rings (SSSR count). The Morgan fingerprint density at radius 2 is 1.96 bits per heavy atom. The third kappa shape index (κ3) is 4.40. The molecule has 4 heteroatoms. The largest absolute Gasteiger partial charge is 0.497 e. The molecule has 0 atom stereocenters. The number of methoxy groups -OCH3 is 1. The van der Waals surface area contributed by atoms with Gasteiger partial charge in [0, 0.05) is 24.0 Å². The first kappa shape index (κ1) is 18.1. The molecule has 0 unspecified atom stereocenters. The van der Waals surface area contributed by atoms with Gasteiger partial charge < -0.3 is 9.15 Å². The number of rotatable bonds is 6. The first-order valence-corrected chi connectivity index (χ1v) is 7.70. The molecule has 0 saturated carbocycles. The highest BCUT2D eigenvalue weighted by Gasteiger charge is 2.06. The van der Waals surface area contributed by atoms with E-state index in [0.717, 1.165) is 30.0 Å². The van der Waals surface area contributed by atoms with Gasteiger partial charge in [-0.1, -0.05) is 42.5 Å². The molecule has 0 fully saturated rings. The summed E-state index contributed by atoms with van der Waals surface area (Å²) in [5, 5.41) is 1.19. The van der Waals surface area contributed by atoms with Crippen molar-refractivity contribution in [1.82, 2.24) is 4.90 Å². The van der Waals surface area contributed by atoms with Crippen LogP contribution in [0.2, 0.25) is 0 Å². The third-order valence-corrected chi connectivity index (χ3v) is 3.82. The summed E-state index contributed by atoms with van der Waals surface area (Å²) >= 11 is 0. The Kier molecular flexibility index (Phi) is 6.47. The monoisotopic (exact) mass is 343 g/mol. The number of benzene rings is 2. The van der Waals surface area contributed by atoms with Gasteiger partial charge in [0.05, 0.1) is 13.4 Å².